The van der Waals surface area contributed by atoms with Crippen molar-refractivity contribution in [3.63, 3.8) is 0 Å². The molecule has 2 heteroatoms. The van der Waals surface area contributed by atoms with Crippen LogP contribution >= 0.6 is 0 Å². The van der Waals surface area contributed by atoms with E-state index in [0.29, 0.717) is 5.92 Å². The molecule has 1 aliphatic carbocycles. The van der Waals surface area contributed by atoms with Crippen molar-refractivity contribution in [2.45, 2.75) is 72.0 Å². The number of aliphatic hydroxyl groups is 1. The van der Waals surface area contributed by atoms with Gasteiger partial charge in [-0.15, -0.1) is 0 Å². The standard InChI is InChI=1S/C18H28O2/c1-12(2)15-7-6-14(10-13(15)3)20-17-11-18(4,5)9-8-16(17)19/h6-7,10,12,16-17,19H,8-9,11H2,1-5H3. The highest BCUT2D eigenvalue weighted by atomic mass is 16.5. The molecule has 2 nitrogen and oxygen atoms in total. The molecule has 20 heavy (non-hydrogen) atoms. The molecule has 2 rings (SSSR count). The van der Waals surface area contributed by atoms with Crippen molar-refractivity contribution >= 4 is 0 Å². The molecule has 1 saturated carbocycles. The van der Waals surface area contributed by atoms with Crippen LogP contribution in [0.1, 0.15) is 64.0 Å². The van der Waals surface area contributed by atoms with E-state index in [9.17, 15) is 5.11 Å². The first kappa shape index (κ1) is 15.4. The van der Waals surface area contributed by atoms with Gasteiger partial charge in [0.2, 0.25) is 0 Å². The maximum absolute atomic E-state index is 10.1. The van der Waals surface area contributed by atoms with Crippen LogP contribution in [0.25, 0.3) is 0 Å². The fourth-order valence-electron chi connectivity index (χ4n) is 3.17. The molecule has 0 bridgehead atoms. The molecule has 0 aliphatic heterocycles. The summed E-state index contributed by atoms with van der Waals surface area (Å²) in [4.78, 5) is 0. The third-order valence-electron chi connectivity index (χ3n) is 4.45. The Kier molecular flexibility index (Phi) is 4.43. The summed E-state index contributed by atoms with van der Waals surface area (Å²) in [6, 6.07) is 6.29. The Bertz CT molecular complexity index is 462. The summed E-state index contributed by atoms with van der Waals surface area (Å²) in [5.74, 6) is 1.41. The van der Waals surface area contributed by atoms with Crippen LogP contribution in [0.15, 0.2) is 18.2 Å². The second-order valence-electron chi connectivity index (χ2n) is 7.30. The molecule has 1 fully saturated rings. The molecule has 0 spiro atoms. The molecule has 2 unspecified atom stereocenters. The molecule has 112 valence electrons. The lowest BCUT2D eigenvalue weighted by molar-refractivity contribution is -0.0304. The Morgan fingerprint density at radius 2 is 2.00 bits per heavy atom. The van der Waals surface area contributed by atoms with E-state index in [2.05, 4.69) is 46.8 Å². The van der Waals surface area contributed by atoms with Crippen molar-refractivity contribution in [2.75, 3.05) is 0 Å². The maximum Gasteiger partial charge on any atom is 0.125 e. The molecule has 0 heterocycles. The Morgan fingerprint density at radius 3 is 2.60 bits per heavy atom. The molecule has 2 atom stereocenters. The summed E-state index contributed by atoms with van der Waals surface area (Å²) >= 11 is 0. The first-order chi connectivity index (χ1) is 9.28. The quantitative estimate of drug-likeness (QED) is 0.884. The van der Waals surface area contributed by atoms with Gasteiger partial charge in [-0.1, -0.05) is 33.8 Å². The van der Waals surface area contributed by atoms with Crippen molar-refractivity contribution < 1.29 is 9.84 Å². The number of benzene rings is 1. The monoisotopic (exact) mass is 276 g/mol. The Hall–Kier alpha value is -1.02. The summed E-state index contributed by atoms with van der Waals surface area (Å²) < 4.78 is 6.07. The van der Waals surface area contributed by atoms with Crippen LogP contribution in [-0.4, -0.2) is 17.3 Å². The summed E-state index contributed by atoms with van der Waals surface area (Å²) in [6.07, 6.45) is 2.40. The van der Waals surface area contributed by atoms with Crippen LogP contribution in [0.3, 0.4) is 0 Å². The largest absolute Gasteiger partial charge is 0.488 e. The summed E-state index contributed by atoms with van der Waals surface area (Å²) in [5, 5.41) is 10.1. The Balaban J connectivity index is 2.11. The van der Waals surface area contributed by atoms with E-state index in [0.717, 1.165) is 25.0 Å². The predicted molar refractivity (Wildman–Crippen MR) is 83.3 cm³/mol. The zero-order valence-corrected chi connectivity index (χ0v) is 13.4. The lowest BCUT2D eigenvalue weighted by Gasteiger charge is -2.38. The third-order valence-corrected chi connectivity index (χ3v) is 4.45. The molecule has 0 saturated heterocycles. The fourth-order valence-corrected chi connectivity index (χ4v) is 3.17. The normalized spacial score (nSPS) is 25.8. The molecular weight excluding hydrogens is 248 g/mol. The van der Waals surface area contributed by atoms with Gasteiger partial charge in [-0.2, -0.15) is 0 Å². The van der Waals surface area contributed by atoms with E-state index in [4.69, 9.17) is 4.74 Å². The average Bonchev–Trinajstić information content (AvgIpc) is 2.33. The van der Waals surface area contributed by atoms with Crippen LogP contribution in [-0.2, 0) is 0 Å². The molecule has 0 radical (unpaired) electrons. The number of hydrogen-bond donors (Lipinski definition) is 1. The Labute approximate surface area is 123 Å². The van der Waals surface area contributed by atoms with Gasteiger partial charge in [0, 0.05) is 0 Å². The first-order valence-electron chi connectivity index (χ1n) is 7.74. The van der Waals surface area contributed by atoms with Crippen molar-refractivity contribution in [3.8, 4) is 5.75 Å². The maximum atomic E-state index is 10.1. The molecule has 0 aromatic heterocycles. The highest BCUT2D eigenvalue weighted by Crippen LogP contribution is 2.37. The smallest absolute Gasteiger partial charge is 0.125 e. The number of rotatable bonds is 3. The minimum Gasteiger partial charge on any atom is -0.488 e. The topological polar surface area (TPSA) is 29.5 Å². The average molecular weight is 276 g/mol. The second-order valence-corrected chi connectivity index (χ2v) is 7.30. The first-order valence-corrected chi connectivity index (χ1v) is 7.74. The fraction of sp³-hybridized carbons (Fsp3) is 0.667. The van der Waals surface area contributed by atoms with E-state index in [-0.39, 0.29) is 17.6 Å². The summed E-state index contributed by atoms with van der Waals surface area (Å²) in [6.45, 7) is 11.0. The minimum absolute atomic E-state index is 0.0805. The number of ether oxygens (including phenoxy) is 1. The van der Waals surface area contributed by atoms with E-state index in [1.807, 2.05) is 6.07 Å². The van der Waals surface area contributed by atoms with Gasteiger partial charge in [0.05, 0.1) is 6.10 Å². The third kappa shape index (κ3) is 3.54. The van der Waals surface area contributed by atoms with E-state index < -0.39 is 0 Å². The number of aryl methyl sites for hydroxylation is 1. The van der Waals surface area contributed by atoms with Crippen molar-refractivity contribution in [3.05, 3.63) is 29.3 Å². The highest BCUT2D eigenvalue weighted by molar-refractivity contribution is 5.36. The van der Waals surface area contributed by atoms with Gasteiger partial charge in [0.15, 0.2) is 0 Å². The zero-order chi connectivity index (χ0) is 14.9. The molecular formula is C18H28O2. The van der Waals surface area contributed by atoms with E-state index in [1.165, 1.54) is 11.1 Å². The number of aliphatic hydroxyl groups excluding tert-OH is 1. The van der Waals surface area contributed by atoms with Crippen LogP contribution in [0.4, 0.5) is 0 Å². The SMILES string of the molecule is Cc1cc(OC2CC(C)(C)CCC2O)ccc1C(C)C. The van der Waals surface area contributed by atoms with Gasteiger partial charge in [0.25, 0.3) is 0 Å². The van der Waals surface area contributed by atoms with Crippen molar-refractivity contribution in [1.82, 2.24) is 0 Å². The highest BCUT2D eigenvalue weighted by Gasteiger charge is 2.35. The molecule has 1 aromatic rings. The minimum atomic E-state index is -0.340. The lowest BCUT2D eigenvalue weighted by atomic mass is 9.75. The molecule has 1 aromatic carbocycles. The van der Waals surface area contributed by atoms with Crippen LogP contribution < -0.4 is 4.74 Å². The van der Waals surface area contributed by atoms with Gasteiger partial charge in [0.1, 0.15) is 11.9 Å². The van der Waals surface area contributed by atoms with Gasteiger partial charge >= 0.3 is 0 Å². The predicted octanol–water partition coefficient (Wildman–Crippen LogP) is 4.44. The van der Waals surface area contributed by atoms with E-state index in [1.54, 1.807) is 0 Å². The van der Waals surface area contributed by atoms with Crippen molar-refractivity contribution in [1.29, 1.82) is 0 Å². The molecule has 1 N–H and O–H groups in total. The molecule has 0 amide bonds. The molecule has 1 aliphatic rings. The van der Waals surface area contributed by atoms with E-state index >= 15 is 0 Å². The van der Waals surface area contributed by atoms with Crippen molar-refractivity contribution in [2.24, 2.45) is 5.41 Å². The zero-order valence-electron chi connectivity index (χ0n) is 13.4. The van der Waals surface area contributed by atoms with Crippen LogP contribution in [0.5, 0.6) is 5.75 Å². The van der Waals surface area contributed by atoms with Gasteiger partial charge < -0.3 is 9.84 Å². The summed E-state index contributed by atoms with van der Waals surface area (Å²) in [7, 11) is 0. The van der Waals surface area contributed by atoms with Crippen LogP contribution in [0.2, 0.25) is 0 Å². The second kappa shape index (κ2) is 5.77. The number of hydrogen-bond acceptors (Lipinski definition) is 2. The summed E-state index contributed by atoms with van der Waals surface area (Å²) in [5.41, 5.74) is 2.89. The van der Waals surface area contributed by atoms with Gasteiger partial charge in [-0.05, 0) is 60.8 Å². The Morgan fingerprint density at radius 1 is 1.30 bits per heavy atom. The lowest BCUT2D eigenvalue weighted by Crippen LogP contribution is -2.41. The van der Waals surface area contributed by atoms with Gasteiger partial charge in [-0.3, -0.25) is 0 Å². The van der Waals surface area contributed by atoms with Gasteiger partial charge in [-0.25, -0.2) is 0 Å². The van der Waals surface area contributed by atoms with Crippen LogP contribution in [0, 0.1) is 12.3 Å².